The van der Waals surface area contributed by atoms with Gasteiger partial charge < -0.3 is 10.0 Å². The smallest absolute Gasteiger partial charge is 0.326 e. The van der Waals surface area contributed by atoms with E-state index in [1.807, 2.05) is 6.92 Å². The molecule has 0 radical (unpaired) electrons. The lowest BCUT2D eigenvalue weighted by Gasteiger charge is -2.37. The number of halogens is 1. The molecule has 21 heavy (non-hydrogen) atoms. The molecule has 5 heteroatoms. The highest BCUT2D eigenvalue weighted by Crippen LogP contribution is 2.28. The molecule has 2 unspecified atom stereocenters. The number of carbonyl (C=O) groups is 2. The number of hydrogen-bond acceptors (Lipinski definition) is 2. The maximum atomic E-state index is 12.7. The number of carboxylic acid groups (broad SMARTS) is 1. The Morgan fingerprint density at radius 2 is 2.14 bits per heavy atom. The molecule has 4 nitrogen and oxygen atoms in total. The number of aliphatic carboxylic acids is 1. The maximum absolute atomic E-state index is 12.7. The summed E-state index contributed by atoms with van der Waals surface area (Å²) in [4.78, 5) is 25.6. The fourth-order valence-electron chi connectivity index (χ4n) is 2.91. The molecule has 2 rings (SSSR count). The van der Waals surface area contributed by atoms with Crippen molar-refractivity contribution in [3.63, 3.8) is 0 Å². The van der Waals surface area contributed by atoms with Crippen LogP contribution in [0.3, 0.4) is 0 Å². The largest absolute Gasteiger partial charge is 0.480 e. The van der Waals surface area contributed by atoms with Crippen molar-refractivity contribution >= 4 is 23.5 Å². The molecule has 0 aliphatic carbocycles. The number of likely N-dealkylation sites (tertiary alicyclic amines) is 1. The van der Waals surface area contributed by atoms with Gasteiger partial charge in [0.25, 0.3) is 5.91 Å². The normalized spacial score (nSPS) is 22.1. The highest BCUT2D eigenvalue weighted by atomic mass is 35.5. The van der Waals surface area contributed by atoms with Crippen molar-refractivity contribution in [2.75, 3.05) is 6.54 Å². The zero-order valence-electron chi connectivity index (χ0n) is 12.3. The van der Waals surface area contributed by atoms with Gasteiger partial charge in [-0.05, 0) is 49.4 Å². The SMILES string of the molecule is CCC1CCN(C(=O)c2ccc(Cl)cc2C)C(C(=O)O)C1. The molecule has 0 spiro atoms. The molecule has 1 aromatic rings. The predicted octanol–water partition coefficient (Wildman–Crippen LogP) is 3.36. The number of rotatable bonds is 3. The van der Waals surface area contributed by atoms with Crippen LogP contribution in [0.5, 0.6) is 0 Å². The molecule has 1 N–H and O–H groups in total. The first-order chi connectivity index (χ1) is 9.93. The number of nitrogens with zero attached hydrogens (tertiary/aromatic N) is 1. The summed E-state index contributed by atoms with van der Waals surface area (Å²) in [6, 6.07) is 4.33. The van der Waals surface area contributed by atoms with Gasteiger partial charge in [0, 0.05) is 17.1 Å². The molecule has 0 saturated carbocycles. The molecule has 1 aromatic carbocycles. The van der Waals surface area contributed by atoms with Gasteiger partial charge in [0.1, 0.15) is 6.04 Å². The summed E-state index contributed by atoms with van der Waals surface area (Å²) in [6.45, 7) is 4.37. The molecule has 1 aliphatic rings. The third-order valence-electron chi connectivity index (χ3n) is 4.25. The average Bonchev–Trinajstić information content (AvgIpc) is 2.46. The Morgan fingerprint density at radius 1 is 1.43 bits per heavy atom. The topological polar surface area (TPSA) is 57.6 Å². The van der Waals surface area contributed by atoms with Gasteiger partial charge in [-0.3, -0.25) is 4.79 Å². The Labute approximate surface area is 129 Å². The van der Waals surface area contributed by atoms with Crippen LogP contribution < -0.4 is 0 Å². The van der Waals surface area contributed by atoms with Crippen LogP contribution in [-0.2, 0) is 4.79 Å². The summed E-state index contributed by atoms with van der Waals surface area (Å²) in [5.74, 6) is -0.763. The standard InChI is InChI=1S/C16H20ClNO3/c1-3-11-6-7-18(14(9-11)16(20)21)15(19)13-5-4-12(17)8-10(13)2/h4-5,8,11,14H,3,6-7,9H2,1-2H3,(H,20,21). The minimum Gasteiger partial charge on any atom is -0.480 e. The molecule has 1 saturated heterocycles. The number of amides is 1. The first-order valence-corrected chi connectivity index (χ1v) is 7.61. The Kier molecular flexibility index (Phi) is 4.88. The Hall–Kier alpha value is -1.55. The molecular formula is C16H20ClNO3. The van der Waals surface area contributed by atoms with Crippen molar-refractivity contribution in [3.8, 4) is 0 Å². The molecule has 0 aromatic heterocycles. The van der Waals surface area contributed by atoms with Gasteiger partial charge in [0.2, 0.25) is 0 Å². The number of piperidine rings is 1. The molecule has 1 aliphatic heterocycles. The molecular weight excluding hydrogens is 290 g/mol. The highest BCUT2D eigenvalue weighted by Gasteiger charge is 2.36. The molecule has 1 amide bonds. The lowest BCUT2D eigenvalue weighted by atomic mass is 9.88. The Bertz CT molecular complexity index is 558. The second-order valence-corrected chi connectivity index (χ2v) is 6.05. The molecule has 114 valence electrons. The van der Waals surface area contributed by atoms with Gasteiger partial charge in [-0.2, -0.15) is 0 Å². The second kappa shape index (κ2) is 6.48. The van der Waals surface area contributed by atoms with E-state index in [2.05, 4.69) is 6.92 Å². The summed E-state index contributed by atoms with van der Waals surface area (Å²) in [6.07, 6.45) is 2.34. The molecule has 1 fully saturated rings. The predicted molar refractivity (Wildman–Crippen MR) is 81.7 cm³/mol. The van der Waals surface area contributed by atoms with Crippen LogP contribution in [0.15, 0.2) is 18.2 Å². The van der Waals surface area contributed by atoms with E-state index >= 15 is 0 Å². The van der Waals surface area contributed by atoms with Crippen LogP contribution in [0.1, 0.15) is 42.1 Å². The van der Waals surface area contributed by atoms with E-state index in [4.69, 9.17) is 11.6 Å². The second-order valence-electron chi connectivity index (χ2n) is 5.61. The fraction of sp³-hybridized carbons (Fsp3) is 0.500. The van der Waals surface area contributed by atoms with Gasteiger partial charge in [0.15, 0.2) is 0 Å². The van der Waals surface area contributed by atoms with E-state index in [1.54, 1.807) is 18.2 Å². The van der Waals surface area contributed by atoms with Crippen LogP contribution in [0.25, 0.3) is 0 Å². The minimum atomic E-state index is -0.923. The van der Waals surface area contributed by atoms with Gasteiger partial charge in [-0.25, -0.2) is 4.79 Å². The van der Waals surface area contributed by atoms with Gasteiger partial charge in [-0.15, -0.1) is 0 Å². The highest BCUT2D eigenvalue weighted by molar-refractivity contribution is 6.30. The van der Waals surface area contributed by atoms with Crippen LogP contribution in [0.4, 0.5) is 0 Å². The quantitative estimate of drug-likeness (QED) is 0.931. The van der Waals surface area contributed by atoms with E-state index in [9.17, 15) is 14.7 Å². The van der Waals surface area contributed by atoms with Crippen molar-refractivity contribution in [1.29, 1.82) is 0 Å². The summed E-state index contributed by atoms with van der Waals surface area (Å²) < 4.78 is 0. The van der Waals surface area contributed by atoms with Crippen LogP contribution in [-0.4, -0.2) is 34.5 Å². The maximum Gasteiger partial charge on any atom is 0.326 e. The average molecular weight is 310 g/mol. The summed E-state index contributed by atoms with van der Waals surface area (Å²) in [5.41, 5.74) is 1.30. The molecule has 2 atom stereocenters. The lowest BCUT2D eigenvalue weighted by Crippen LogP contribution is -2.50. The number of carbonyl (C=O) groups excluding carboxylic acids is 1. The van der Waals surface area contributed by atoms with E-state index in [1.165, 1.54) is 4.90 Å². The van der Waals surface area contributed by atoms with Gasteiger partial charge >= 0.3 is 5.97 Å². The van der Waals surface area contributed by atoms with Crippen LogP contribution in [0.2, 0.25) is 5.02 Å². The van der Waals surface area contributed by atoms with Crippen LogP contribution >= 0.6 is 11.6 Å². The minimum absolute atomic E-state index is 0.217. The zero-order chi connectivity index (χ0) is 15.6. The Morgan fingerprint density at radius 3 is 2.71 bits per heavy atom. The number of hydrogen-bond donors (Lipinski definition) is 1. The van der Waals surface area contributed by atoms with Crippen LogP contribution in [0, 0.1) is 12.8 Å². The molecule has 1 heterocycles. The summed E-state index contributed by atoms with van der Waals surface area (Å²) >= 11 is 5.91. The van der Waals surface area contributed by atoms with Crippen molar-refractivity contribution in [2.24, 2.45) is 5.92 Å². The van der Waals surface area contributed by atoms with Crippen molar-refractivity contribution in [1.82, 2.24) is 4.90 Å². The number of benzene rings is 1. The van der Waals surface area contributed by atoms with Crippen molar-refractivity contribution in [3.05, 3.63) is 34.3 Å². The summed E-state index contributed by atoms with van der Waals surface area (Å²) in [5, 5.41) is 9.99. The third-order valence-corrected chi connectivity index (χ3v) is 4.49. The number of aryl methyl sites for hydroxylation is 1. The van der Waals surface area contributed by atoms with E-state index < -0.39 is 12.0 Å². The monoisotopic (exact) mass is 309 g/mol. The summed E-state index contributed by atoms with van der Waals surface area (Å²) in [7, 11) is 0. The van der Waals surface area contributed by atoms with Gasteiger partial charge in [-0.1, -0.05) is 24.9 Å². The van der Waals surface area contributed by atoms with E-state index in [-0.39, 0.29) is 5.91 Å². The van der Waals surface area contributed by atoms with E-state index in [0.717, 1.165) is 18.4 Å². The van der Waals surface area contributed by atoms with E-state index in [0.29, 0.717) is 29.5 Å². The fourth-order valence-corrected chi connectivity index (χ4v) is 3.13. The first kappa shape index (κ1) is 15.8. The van der Waals surface area contributed by atoms with Crippen molar-refractivity contribution < 1.29 is 14.7 Å². The zero-order valence-corrected chi connectivity index (χ0v) is 13.1. The Balaban J connectivity index is 2.26. The third kappa shape index (κ3) is 3.38. The van der Waals surface area contributed by atoms with Crippen molar-refractivity contribution in [2.45, 2.75) is 39.2 Å². The molecule has 0 bridgehead atoms. The van der Waals surface area contributed by atoms with Gasteiger partial charge in [0.05, 0.1) is 0 Å². The number of carboxylic acids is 1. The lowest BCUT2D eigenvalue weighted by molar-refractivity contribution is -0.144. The first-order valence-electron chi connectivity index (χ1n) is 7.24.